The smallest absolute Gasteiger partial charge is 0.308 e. The van der Waals surface area contributed by atoms with Crippen LogP contribution in [0.3, 0.4) is 0 Å². The van der Waals surface area contributed by atoms with Crippen molar-refractivity contribution in [2.75, 3.05) is 6.61 Å². The molecule has 1 N–H and O–H groups in total. The van der Waals surface area contributed by atoms with E-state index >= 15 is 0 Å². The van der Waals surface area contributed by atoms with Crippen LogP contribution in [0, 0.1) is 11.8 Å². The first-order chi connectivity index (χ1) is 6.27. The monoisotopic (exact) mass is 185 g/mol. The van der Waals surface area contributed by atoms with Crippen LogP contribution in [0.1, 0.15) is 26.2 Å². The highest BCUT2D eigenvalue weighted by Crippen LogP contribution is 2.30. The summed E-state index contributed by atoms with van der Waals surface area (Å²) in [5.41, 5.74) is 0. The Bertz CT molecular complexity index is 203. The summed E-state index contributed by atoms with van der Waals surface area (Å²) in [5.74, 6) is 0.124. The maximum absolute atomic E-state index is 11.3. The topological polar surface area (TPSA) is 58.9 Å². The van der Waals surface area contributed by atoms with Crippen LogP contribution >= 0.6 is 0 Å². The Labute approximate surface area is 77.6 Å². The van der Waals surface area contributed by atoms with Gasteiger partial charge in [-0.2, -0.15) is 0 Å². The highest BCUT2D eigenvalue weighted by molar-refractivity contribution is 5.74. The van der Waals surface area contributed by atoms with E-state index in [-0.39, 0.29) is 17.8 Å². The third kappa shape index (κ3) is 2.72. The molecule has 0 saturated heterocycles. The average Bonchev–Trinajstić information content (AvgIpc) is 2.54. The summed E-state index contributed by atoms with van der Waals surface area (Å²) in [4.78, 5) is 11.3. The summed E-state index contributed by atoms with van der Waals surface area (Å²) in [6.07, 6.45) is 4.01. The van der Waals surface area contributed by atoms with Crippen molar-refractivity contribution in [3.8, 4) is 0 Å². The van der Waals surface area contributed by atoms with Crippen LogP contribution in [0.15, 0.2) is 5.16 Å². The zero-order valence-electron chi connectivity index (χ0n) is 7.77. The molecule has 1 fully saturated rings. The van der Waals surface area contributed by atoms with Crippen molar-refractivity contribution in [2.45, 2.75) is 26.2 Å². The van der Waals surface area contributed by atoms with Gasteiger partial charge in [0.15, 0.2) is 0 Å². The van der Waals surface area contributed by atoms with Crippen LogP contribution < -0.4 is 0 Å². The molecular weight excluding hydrogens is 170 g/mol. The molecule has 0 heterocycles. The molecule has 0 radical (unpaired) electrons. The first kappa shape index (κ1) is 10.0. The van der Waals surface area contributed by atoms with Gasteiger partial charge in [0, 0.05) is 6.21 Å². The second-order valence-corrected chi connectivity index (χ2v) is 3.29. The van der Waals surface area contributed by atoms with Gasteiger partial charge >= 0.3 is 5.97 Å². The lowest BCUT2D eigenvalue weighted by Gasteiger charge is -2.07. The molecule has 0 aromatic rings. The Balaban J connectivity index is 2.36. The van der Waals surface area contributed by atoms with E-state index in [1.54, 1.807) is 6.92 Å². The van der Waals surface area contributed by atoms with Gasteiger partial charge in [-0.1, -0.05) is 0 Å². The van der Waals surface area contributed by atoms with Crippen LogP contribution in [-0.2, 0) is 9.53 Å². The van der Waals surface area contributed by atoms with Crippen LogP contribution in [0.25, 0.3) is 0 Å². The van der Waals surface area contributed by atoms with Crippen molar-refractivity contribution >= 4 is 12.2 Å². The number of carbonyl (C=O) groups is 1. The Morgan fingerprint density at radius 1 is 1.69 bits per heavy atom. The van der Waals surface area contributed by atoms with E-state index in [9.17, 15) is 4.79 Å². The van der Waals surface area contributed by atoms with Crippen molar-refractivity contribution in [3.05, 3.63) is 0 Å². The number of ether oxygens (including phenoxy) is 1. The van der Waals surface area contributed by atoms with Crippen molar-refractivity contribution in [2.24, 2.45) is 17.0 Å². The van der Waals surface area contributed by atoms with E-state index in [2.05, 4.69) is 5.16 Å². The van der Waals surface area contributed by atoms with Crippen LogP contribution in [-0.4, -0.2) is 24.0 Å². The predicted octanol–water partition coefficient (Wildman–Crippen LogP) is 1.43. The second-order valence-electron chi connectivity index (χ2n) is 3.29. The molecule has 2 atom stereocenters. The van der Waals surface area contributed by atoms with Gasteiger partial charge in [0.05, 0.1) is 12.5 Å². The maximum atomic E-state index is 11.3. The van der Waals surface area contributed by atoms with Gasteiger partial charge in [-0.05, 0) is 32.1 Å². The maximum Gasteiger partial charge on any atom is 0.308 e. The molecule has 13 heavy (non-hydrogen) atoms. The summed E-state index contributed by atoms with van der Waals surface area (Å²) in [5, 5.41) is 11.3. The average molecular weight is 185 g/mol. The minimum atomic E-state index is -0.115. The number of rotatable bonds is 3. The lowest BCUT2D eigenvalue weighted by atomic mass is 10.1. The lowest BCUT2D eigenvalue weighted by molar-refractivity contribution is -0.147. The zero-order valence-corrected chi connectivity index (χ0v) is 7.77. The fourth-order valence-corrected chi connectivity index (χ4v) is 1.72. The van der Waals surface area contributed by atoms with Crippen LogP contribution in [0.5, 0.6) is 0 Å². The van der Waals surface area contributed by atoms with Gasteiger partial charge in [0.2, 0.25) is 0 Å². The minimum absolute atomic E-state index is 0.00273. The number of hydrogen-bond acceptors (Lipinski definition) is 4. The fourth-order valence-electron chi connectivity index (χ4n) is 1.72. The molecule has 1 rings (SSSR count). The molecule has 1 saturated carbocycles. The van der Waals surface area contributed by atoms with Crippen molar-refractivity contribution < 1.29 is 14.7 Å². The molecule has 1 aliphatic rings. The molecular formula is C9H15NO3. The quantitative estimate of drug-likeness (QED) is 0.313. The van der Waals surface area contributed by atoms with E-state index < -0.39 is 0 Å². The first-order valence-electron chi connectivity index (χ1n) is 4.62. The molecule has 1 aliphatic carbocycles. The summed E-state index contributed by atoms with van der Waals surface area (Å²) in [6, 6.07) is 0. The SMILES string of the molecule is CCOC(=O)[C@H]1CC[C@H](/C=N\O)C1. The molecule has 0 unspecified atom stereocenters. The Hall–Kier alpha value is -1.06. The molecule has 0 aromatic carbocycles. The standard InChI is InChI=1S/C9H15NO3/c1-2-13-9(11)8-4-3-7(5-8)6-10-12/h6-8,12H,2-5H2,1H3/b10-6-/t7-,8-/m0/s1. The molecule has 0 aromatic heterocycles. The lowest BCUT2D eigenvalue weighted by Crippen LogP contribution is -2.15. The summed E-state index contributed by atoms with van der Waals surface area (Å²) < 4.78 is 4.91. The van der Waals surface area contributed by atoms with Gasteiger partial charge < -0.3 is 9.94 Å². The summed E-state index contributed by atoms with van der Waals surface area (Å²) in [7, 11) is 0. The largest absolute Gasteiger partial charge is 0.466 e. The summed E-state index contributed by atoms with van der Waals surface area (Å²) >= 11 is 0. The molecule has 0 spiro atoms. The highest BCUT2D eigenvalue weighted by Gasteiger charge is 2.29. The Morgan fingerprint density at radius 3 is 3.08 bits per heavy atom. The Morgan fingerprint density at radius 2 is 2.46 bits per heavy atom. The molecule has 0 amide bonds. The van der Waals surface area contributed by atoms with Crippen LogP contribution in [0.4, 0.5) is 0 Å². The fraction of sp³-hybridized carbons (Fsp3) is 0.778. The van der Waals surface area contributed by atoms with Gasteiger partial charge in [-0.25, -0.2) is 0 Å². The van der Waals surface area contributed by atoms with Gasteiger partial charge in [0.1, 0.15) is 0 Å². The zero-order chi connectivity index (χ0) is 9.68. The van der Waals surface area contributed by atoms with Crippen molar-refractivity contribution in [1.29, 1.82) is 0 Å². The van der Waals surface area contributed by atoms with Gasteiger partial charge in [-0.15, -0.1) is 5.16 Å². The van der Waals surface area contributed by atoms with E-state index in [1.807, 2.05) is 0 Å². The Kier molecular flexibility index (Phi) is 3.73. The van der Waals surface area contributed by atoms with E-state index in [1.165, 1.54) is 6.21 Å². The molecule has 4 heteroatoms. The number of carbonyl (C=O) groups excluding carboxylic acids is 1. The molecule has 4 nitrogen and oxygen atoms in total. The number of oxime groups is 1. The third-order valence-electron chi connectivity index (χ3n) is 2.37. The van der Waals surface area contributed by atoms with Crippen LogP contribution in [0.2, 0.25) is 0 Å². The predicted molar refractivity (Wildman–Crippen MR) is 47.7 cm³/mol. The molecule has 0 bridgehead atoms. The number of nitrogens with zero attached hydrogens (tertiary/aromatic N) is 1. The molecule has 0 aliphatic heterocycles. The van der Waals surface area contributed by atoms with E-state index in [0.717, 1.165) is 19.3 Å². The van der Waals surface area contributed by atoms with Crippen molar-refractivity contribution in [3.63, 3.8) is 0 Å². The summed E-state index contributed by atoms with van der Waals surface area (Å²) in [6.45, 7) is 2.24. The first-order valence-corrected chi connectivity index (χ1v) is 4.62. The second kappa shape index (κ2) is 4.84. The van der Waals surface area contributed by atoms with E-state index in [4.69, 9.17) is 9.94 Å². The number of hydrogen-bond donors (Lipinski definition) is 1. The van der Waals surface area contributed by atoms with Gasteiger partial charge in [-0.3, -0.25) is 4.79 Å². The van der Waals surface area contributed by atoms with E-state index in [0.29, 0.717) is 6.61 Å². The van der Waals surface area contributed by atoms with Gasteiger partial charge in [0.25, 0.3) is 0 Å². The molecule has 74 valence electrons. The normalized spacial score (nSPS) is 28.1. The third-order valence-corrected chi connectivity index (χ3v) is 2.37. The minimum Gasteiger partial charge on any atom is -0.466 e. The number of esters is 1. The highest BCUT2D eigenvalue weighted by atomic mass is 16.5. The van der Waals surface area contributed by atoms with Crippen molar-refractivity contribution in [1.82, 2.24) is 0 Å².